The van der Waals surface area contributed by atoms with E-state index in [0.717, 1.165) is 5.56 Å². The van der Waals surface area contributed by atoms with E-state index in [4.69, 9.17) is 21.1 Å². The molecule has 2 rings (SSSR count). The van der Waals surface area contributed by atoms with Crippen molar-refractivity contribution in [1.82, 2.24) is 0 Å². The third-order valence-corrected chi connectivity index (χ3v) is 3.41. The summed E-state index contributed by atoms with van der Waals surface area (Å²) in [4.78, 5) is 12.2. The molecule has 116 valence electrons. The zero-order valence-corrected chi connectivity index (χ0v) is 13.5. The van der Waals surface area contributed by atoms with Crippen molar-refractivity contribution in [1.29, 1.82) is 0 Å². The number of hydrogen-bond acceptors (Lipinski definition) is 3. The van der Waals surface area contributed by atoms with Crippen LogP contribution in [0.3, 0.4) is 0 Å². The van der Waals surface area contributed by atoms with Gasteiger partial charge in [-0.1, -0.05) is 23.7 Å². The van der Waals surface area contributed by atoms with Gasteiger partial charge in [-0.05, 0) is 49.7 Å². The van der Waals surface area contributed by atoms with Crippen LogP contribution in [0.4, 0.5) is 5.69 Å². The highest BCUT2D eigenvalue weighted by Gasteiger charge is 2.17. The molecule has 4 nitrogen and oxygen atoms in total. The lowest BCUT2D eigenvalue weighted by molar-refractivity contribution is -0.122. The molecule has 5 heteroatoms. The molecule has 0 bridgehead atoms. The highest BCUT2D eigenvalue weighted by Crippen LogP contribution is 2.25. The number of benzene rings is 2. The van der Waals surface area contributed by atoms with Gasteiger partial charge in [0.15, 0.2) is 6.10 Å². The number of anilines is 1. The Balaban J connectivity index is 2.06. The zero-order chi connectivity index (χ0) is 16.1. The van der Waals surface area contributed by atoms with Crippen LogP contribution >= 0.6 is 11.6 Å². The van der Waals surface area contributed by atoms with Crippen molar-refractivity contribution in [3.05, 3.63) is 53.1 Å². The van der Waals surface area contributed by atoms with Crippen LogP contribution in [-0.2, 0) is 4.79 Å². The number of halogens is 1. The first-order valence-corrected chi connectivity index (χ1v) is 7.25. The van der Waals surface area contributed by atoms with E-state index in [-0.39, 0.29) is 5.91 Å². The van der Waals surface area contributed by atoms with E-state index in [2.05, 4.69) is 5.32 Å². The maximum atomic E-state index is 12.2. The molecule has 0 heterocycles. The highest BCUT2D eigenvalue weighted by molar-refractivity contribution is 6.30. The SMILES string of the molecule is COc1ccccc1NC(=O)[C@@H](C)Oc1ccc(Cl)cc1C. The van der Waals surface area contributed by atoms with Crippen LogP contribution in [0.5, 0.6) is 11.5 Å². The van der Waals surface area contributed by atoms with Crippen LogP contribution in [0.1, 0.15) is 12.5 Å². The summed E-state index contributed by atoms with van der Waals surface area (Å²) in [5, 5.41) is 3.43. The Bertz CT molecular complexity index is 673. The monoisotopic (exact) mass is 319 g/mol. The van der Waals surface area contributed by atoms with E-state index in [1.54, 1.807) is 44.4 Å². The molecule has 0 fully saturated rings. The first kappa shape index (κ1) is 16.2. The Hall–Kier alpha value is -2.20. The number of nitrogens with one attached hydrogen (secondary N) is 1. The second-order valence-corrected chi connectivity index (χ2v) is 5.30. The lowest BCUT2D eigenvalue weighted by Gasteiger charge is -2.17. The first-order chi connectivity index (χ1) is 10.5. The minimum Gasteiger partial charge on any atom is -0.495 e. The maximum Gasteiger partial charge on any atom is 0.265 e. The largest absolute Gasteiger partial charge is 0.495 e. The van der Waals surface area contributed by atoms with Crippen LogP contribution < -0.4 is 14.8 Å². The average molecular weight is 320 g/mol. The number of rotatable bonds is 5. The molecule has 0 spiro atoms. The van der Waals surface area contributed by atoms with E-state index < -0.39 is 6.10 Å². The lowest BCUT2D eigenvalue weighted by atomic mass is 10.2. The van der Waals surface area contributed by atoms with E-state index >= 15 is 0 Å². The standard InChI is InChI=1S/C17H18ClNO3/c1-11-10-13(18)8-9-15(11)22-12(2)17(20)19-14-6-4-5-7-16(14)21-3/h4-10,12H,1-3H3,(H,19,20)/t12-/m1/s1. The van der Waals surface area contributed by atoms with Gasteiger partial charge in [-0.25, -0.2) is 0 Å². The molecule has 0 aromatic heterocycles. The number of methoxy groups -OCH3 is 1. The van der Waals surface area contributed by atoms with Crippen molar-refractivity contribution >= 4 is 23.2 Å². The minimum absolute atomic E-state index is 0.251. The highest BCUT2D eigenvalue weighted by atomic mass is 35.5. The van der Waals surface area contributed by atoms with Crippen molar-refractivity contribution in [3.63, 3.8) is 0 Å². The molecule has 0 aliphatic rings. The van der Waals surface area contributed by atoms with Gasteiger partial charge >= 0.3 is 0 Å². The van der Waals surface area contributed by atoms with Crippen molar-refractivity contribution < 1.29 is 14.3 Å². The molecule has 0 unspecified atom stereocenters. The van der Waals surface area contributed by atoms with Crippen molar-refractivity contribution in [2.75, 3.05) is 12.4 Å². The molecular weight excluding hydrogens is 302 g/mol. The molecular formula is C17H18ClNO3. The number of hydrogen-bond donors (Lipinski definition) is 1. The molecule has 1 amide bonds. The Morgan fingerprint density at radius 2 is 1.91 bits per heavy atom. The van der Waals surface area contributed by atoms with Gasteiger partial charge in [-0.3, -0.25) is 4.79 Å². The van der Waals surface area contributed by atoms with Gasteiger partial charge in [0.2, 0.25) is 0 Å². The van der Waals surface area contributed by atoms with Gasteiger partial charge in [0, 0.05) is 5.02 Å². The summed E-state index contributed by atoms with van der Waals surface area (Å²) in [5.74, 6) is 0.983. The second kappa shape index (κ2) is 7.18. The van der Waals surface area contributed by atoms with Crippen LogP contribution in [0.15, 0.2) is 42.5 Å². The third kappa shape index (κ3) is 3.92. The summed E-state index contributed by atoms with van der Waals surface area (Å²) in [7, 11) is 1.56. The molecule has 0 radical (unpaired) electrons. The van der Waals surface area contributed by atoms with Crippen LogP contribution in [-0.4, -0.2) is 19.1 Å². The molecule has 2 aromatic carbocycles. The quantitative estimate of drug-likeness (QED) is 0.904. The maximum absolute atomic E-state index is 12.2. The molecule has 0 saturated carbocycles. The number of carbonyl (C=O) groups is 1. The number of aryl methyl sites for hydroxylation is 1. The average Bonchev–Trinajstić information content (AvgIpc) is 2.50. The Kier molecular flexibility index (Phi) is 5.28. The molecule has 1 N–H and O–H groups in total. The van der Waals surface area contributed by atoms with Crippen molar-refractivity contribution in [2.24, 2.45) is 0 Å². The Labute approximate surface area is 135 Å². The van der Waals surface area contributed by atoms with Crippen LogP contribution in [0, 0.1) is 6.92 Å². The van der Waals surface area contributed by atoms with E-state index in [0.29, 0.717) is 22.2 Å². The fourth-order valence-electron chi connectivity index (χ4n) is 1.97. The van der Waals surface area contributed by atoms with Crippen molar-refractivity contribution in [2.45, 2.75) is 20.0 Å². The normalized spacial score (nSPS) is 11.6. The van der Waals surface area contributed by atoms with Gasteiger partial charge in [-0.15, -0.1) is 0 Å². The number of carbonyl (C=O) groups excluding carboxylic acids is 1. The van der Waals surface area contributed by atoms with E-state index in [1.165, 1.54) is 0 Å². The van der Waals surface area contributed by atoms with Gasteiger partial charge < -0.3 is 14.8 Å². The summed E-state index contributed by atoms with van der Waals surface area (Å²) >= 11 is 5.91. The minimum atomic E-state index is -0.648. The zero-order valence-electron chi connectivity index (χ0n) is 12.7. The van der Waals surface area contributed by atoms with Crippen molar-refractivity contribution in [3.8, 4) is 11.5 Å². The molecule has 0 saturated heterocycles. The lowest BCUT2D eigenvalue weighted by Crippen LogP contribution is -2.30. The second-order valence-electron chi connectivity index (χ2n) is 4.86. The first-order valence-electron chi connectivity index (χ1n) is 6.88. The topological polar surface area (TPSA) is 47.6 Å². The number of ether oxygens (including phenoxy) is 2. The van der Waals surface area contributed by atoms with Gasteiger partial charge in [0.05, 0.1) is 12.8 Å². The smallest absolute Gasteiger partial charge is 0.265 e. The van der Waals surface area contributed by atoms with E-state index in [1.807, 2.05) is 19.1 Å². The summed E-state index contributed by atoms with van der Waals surface area (Å²) in [5.41, 5.74) is 1.49. The fourth-order valence-corrected chi connectivity index (χ4v) is 2.20. The van der Waals surface area contributed by atoms with Gasteiger partial charge in [0.25, 0.3) is 5.91 Å². The molecule has 2 aromatic rings. The summed E-state index contributed by atoms with van der Waals surface area (Å²) in [6, 6.07) is 12.5. The molecule has 1 atom stereocenters. The Morgan fingerprint density at radius 3 is 2.59 bits per heavy atom. The third-order valence-electron chi connectivity index (χ3n) is 3.17. The van der Waals surface area contributed by atoms with Gasteiger partial charge in [0.1, 0.15) is 11.5 Å². The predicted octanol–water partition coefficient (Wildman–Crippen LogP) is 4.06. The fraction of sp³-hybridized carbons (Fsp3) is 0.235. The molecule has 22 heavy (non-hydrogen) atoms. The number of amides is 1. The Morgan fingerprint density at radius 1 is 1.18 bits per heavy atom. The van der Waals surface area contributed by atoms with Crippen LogP contribution in [0.25, 0.3) is 0 Å². The summed E-state index contributed by atoms with van der Waals surface area (Å²) < 4.78 is 10.9. The molecule has 0 aliphatic heterocycles. The van der Waals surface area contributed by atoms with Crippen LogP contribution in [0.2, 0.25) is 5.02 Å². The van der Waals surface area contributed by atoms with Gasteiger partial charge in [-0.2, -0.15) is 0 Å². The van der Waals surface area contributed by atoms with E-state index in [9.17, 15) is 4.79 Å². The predicted molar refractivity (Wildman–Crippen MR) is 87.9 cm³/mol. The summed E-state index contributed by atoms with van der Waals surface area (Å²) in [6.45, 7) is 3.57. The summed E-state index contributed by atoms with van der Waals surface area (Å²) in [6.07, 6.45) is -0.648. The number of para-hydroxylation sites is 2. The molecule has 0 aliphatic carbocycles.